The third-order valence-corrected chi connectivity index (χ3v) is 3.26. The maximum Gasteiger partial charge on any atom is 0.326 e. The molecule has 2 aromatic rings. The summed E-state index contributed by atoms with van der Waals surface area (Å²) in [6.07, 6.45) is 2.18. The predicted molar refractivity (Wildman–Crippen MR) is 72.1 cm³/mol. The summed E-state index contributed by atoms with van der Waals surface area (Å²) in [5.74, 6) is -1.27. The van der Waals surface area contributed by atoms with Crippen molar-refractivity contribution in [2.45, 2.75) is 19.4 Å². The number of carbonyl (C=O) groups is 2. The van der Waals surface area contributed by atoms with E-state index in [1.807, 2.05) is 12.1 Å². The molecular weight excluding hydrogens is 244 g/mol. The SMILES string of the molecule is CCC(C(=O)O)N(C)C(=O)c1ccc2[nH]ccc2c1. The summed E-state index contributed by atoms with van der Waals surface area (Å²) >= 11 is 0. The minimum Gasteiger partial charge on any atom is -0.480 e. The van der Waals surface area contributed by atoms with Gasteiger partial charge in [-0.15, -0.1) is 0 Å². The maximum absolute atomic E-state index is 12.3. The van der Waals surface area contributed by atoms with Gasteiger partial charge in [0.25, 0.3) is 5.91 Å². The monoisotopic (exact) mass is 260 g/mol. The maximum atomic E-state index is 12.3. The van der Waals surface area contributed by atoms with Gasteiger partial charge in [-0.2, -0.15) is 0 Å². The number of nitrogens with zero attached hydrogens (tertiary/aromatic N) is 1. The summed E-state index contributed by atoms with van der Waals surface area (Å²) < 4.78 is 0. The lowest BCUT2D eigenvalue weighted by molar-refractivity contribution is -0.142. The Morgan fingerprint density at radius 2 is 2.11 bits per heavy atom. The van der Waals surface area contributed by atoms with E-state index in [0.717, 1.165) is 10.9 Å². The van der Waals surface area contributed by atoms with Crippen molar-refractivity contribution in [3.8, 4) is 0 Å². The van der Waals surface area contributed by atoms with E-state index in [-0.39, 0.29) is 5.91 Å². The lowest BCUT2D eigenvalue weighted by Crippen LogP contribution is -2.41. The first-order valence-electron chi connectivity index (χ1n) is 6.11. The number of carboxylic acid groups (broad SMARTS) is 1. The van der Waals surface area contributed by atoms with E-state index < -0.39 is 12.0 Å². The predicted octanol–water partition coefficient (Wildman–Crippen LogP) is 2.10. The van der Waals surface area contributed by atoms with Gasteiger partial charge in [0.1, 0.15) is 6.04 Å². The standard InChI is InChI=1S/C14H16N2O3/c1-3-12(14(18)19)16(2)13(17)10-4-5-11-9(8-10)6-7-15-11/h4-8,12,15H,3H2,1-2H3,(H,18,19). The van der Waals surface area contributed by atoms with E-state index in [1.54, 1.807) is 25.3 Å². The van der Waals surface area contributed by atoms with E-state index in [2.05, 4.69) is 4.98 Å². The van der Waals surface area contributed by atoms with Crippen LogP contribution in [0.4, 0.5) is 0 Å². The molecule has 5 heteroatoms. The largest absolute Gasteiger partial charge is 0.480 e. The number of H-pyrrole nitrogens is 1. The highest BCUT2D eigenvalue weighted by atomic mass is 16.4. The lowest BCUT2D eigenvalue weighted by atomic mass is 10.1. The molecule has 0 aliphatic carbocycles. The Bertz CT molecular complexity index is 618. The van der Waals surface area contributed by atoms with Crippen molar-refractivity contribution in [2.75, 3.05) is 7.05 Å². The molecule has 1 aromatic heterocycles. The summed E-state index contributed by atoms with van der Waals surface area (Å²) in [7, 11) is 1.52. The zero-order chi connectivity index (χ0) is 14.0. The second-order valence-corrected chi connectivity index (χ2v) is 4.46. The molecule has 5 nitrogen and oxygen atoms in total. The Balaban J connectivity index is 2.29. The van der Waals surface area contributed by atoms with Crippen LogP contribution >= 0.6 is 0 Å². The normalized spacial score (nSPS) is 12.3. The quantitative estimate of drug-likeness (QED) is 0.884. The zero-order valence-corrected chi connectivity index (χ0v) is 10.9. The summed E-state index contributed by atoms with van der Waals surface area (Å²) in [5.41, 5.74) is 1.44. The molecule has 0 radical (unpaired) electrons. The number of aliphatic carboxylic acids is 1. The van der Waals surface area contributed by atoms with Crippen LogP contribution < -0.4 is 0 Å². The molecule has 0 bridgehead atoms. The van der Waals surface area contributed by atoms with Gasteiger partial charge in [-0.1, -0.05) is 6.92 Å². The molecule has 2 N–H and O–H groups in total. The molecule has 19 heavy (non-hydrogen) atoms. The van der Waals surface area contributed by atoms with Crippen molar-refractivity contribution in [1.82, 2.24) is 9.88 Å². The number of likely N-dealkylation sites (N-methyl/N-ethyl adjacent to an activating group) is 1. The van der Waals surface area contributed by atoms with E-state index >= 15 is 0 Å². The molecule has 0 fully saturated rings. The van der Waals surface area contributed by atoms with Gasteiger partial charge in [0.2, 0.25) is 0 Å². The van der Waals surface area contributed by atoms with Gasteiger partial charge in [-0.25, -0.2) is 4.79 Å². The number of hydrogen-bond donors (Lipinski definition) is 2. The van der Waals surface area contributed by atoms with Gasteiger partial charge >= 0.3 is 5.97 Å². The highest BCUT2D eigenvalue weighted by molar-refractivity contribution is 5.99. The Morgan fingerprint density at radius 3 is 2.74 bits per heavy atom. The van der Waals surface area contributed by atoms with Gasteiger partial charge in [0.15, 0.2) is 0 Å². The number of nitrogens with one attached hydrogen (secondary N) is 1. The molecule has 2 rings (SSSR count). The van der Waals surface area contributed by atoms with Gasteiger partial charge in [-0.3, -0.25) is 4.79 Å². The minimum atomic E-state index is -0.985. The molecule has 1 aromatic carbocycles. The van der Waals surface area contributed by atoms with E-state index in [9.17, 15) is 9.59 Å². The number of hydrogen-bond acceptors (Lipinski definition) is 2. The Morgan fingerprint density at radius 1 is 1.37 bits per heavy atom. The fourth-order valence-electron chi connectivity index (χ4n) is 2.15. The molecule has 1 heterocycles. The minimum absolute atomic E-state index is 0.280. The highest BCUT2D eigenvalue weighted by Gasteiger charge is 2.25. The second kappa shape index (κ2) is 5.14. The topological polar surface area (TPSA) is 73.4 Å². The summed E-state index contributed by atoms with van der Waals surface area (Å²) in [6, 6.07) is 6.36. The van der Waals surface area contributed by atoms with Crippen LogP contribution in [0.5, 0.6) is 0 Å². The van der Waals surface area contributed by atoms with Gasteiger partial charge in [-0.05, 0) is 30.7 Å². The Kier molecular flexibility index (Phi) is 3.55. The number of fused-ring (bicyclic) bond motifs is 1. The molecule has 0 aliphatic heterocycles. The number of carbonyl (C=O) groups excluding carboxylic acids is 1. The van der Waals surface area contributed by atoms with E-state index in [1.165, 1.54) is 11.9 Å². The zero-order valence-electron chi connectivity index (χ0n) is 10.9. The first kappa shape index (κ1) is 13.1. The molecule has 1 unspecified atom stereocenters. The van der Waals surface area contributed by atoms with Gasteiger partial charge < -0.3 is 15.0 Å². The van der Waals surface area contributed by atoms with E-state index in [0.29, 0.717) is 12.0 Å². The highest BCUT2D eigenvalue weighted by Crippen LogP contribution is 2.16. The fraction of sp³-hybridized carbons (Fsp3) is 0.286. The molecule has 0 spiro atoms. The van der Waals surface area contributed by atoms with E-state index in [4.69, 9.17) is 5.11 Å². The van der Waals surface area contributed by atoms with Crippen molar-refractivity contribution in [3.63, 3.8) is 0 Å². The van der Waals surface area contributed by atoms with Crippen LogP contribution in [-0.2, 0) is 4.79 Å². The van der Waals surface area contributed by atoms with Gasteiger partial charge in [0, 0.05) is 29.7 Å². The summed E-state index contributed by atoms with van der Waals surface area (Å²) in [6.45, 7) is 1.75. The van der Waals surface area contributed by atoms with Crippen molar-refractivity contribution < 1.29 is 14.7 Å². The number of amides is 1. The van der Waals surface area contributed by atoms with Crippen molar-refractivity contribution >= 4 is 22.8 Å². The third-order valence-electron chi connectivity index (χ3n) is 3.26. The molecule has 0 saturated carbocycles. The van der Waals surface area contributed by atoms with Crippen LogP contribution in [0.15, 0.2) is 30.5 Å². The number of aromatic nitrogens is 1. The van der Waals surface area contributed by atoms with Crippen LogP contribution in [0.25, 0.3) is 10.9 Å². The molecule has 0 aliphatic rings. The molecule has 1 amide bonds. The number of benzene rings is 1. The first-order valence-corrected chi connectivity index (χ1v) is 6.11. The molecular formula is C14H16N2O3. The number of rotatable bonds is 4. The lowest BCUT2D eigenvalue weighted by Gasteiger charge is -2.23. The Labute approximate surface area is 110 Å². The molecule has 100 valence electrons. The van der Waals surface area contributed by atoms with Gasteiger partial charge in [0.05, 0.1) is 0 Å². The number of carboxylic acids is 1. The van der Waals surface area contributed by atoms with Crippen molar-refractivity contribution in [2.24, 2.45) is 0 Å². The Hall–Kier alpha value is -2.30. The smallest absolute Gasteiger partial charge is 0.326 e. The van der Waals surface area contributed by atoms with Crippen molar-refractivity contribution in [1.29, 1.82) is 0 Å². The molecule has 0 saturated heterocycles. The average Bonchev–Trinajstić information content (AvgIpc) is 2.85. The number of aromatic amines is 1. The van der Waals surface area contributed by atoms with Crippen LogP contribution in [0.1, 0.15) is 23.7 Å². The summed E-state index contributed by atoms with van der Waals surface area (Å²) in [5, 5.41) is 10.0. The average molecular weight is 260 g/mol. The molecule has 1 atom stereocenters. The van der Waals surface area contributed by atoms with Crippen LogP contribution in [-0.4, -0.2) is 40.0 Å². The van der Waals surface area contributed by atoms with Crippen LogP contribution in [0.2, 0.25) is 0 Å². The summed E-state index contributed by atoms with van der Waals surface area (Å²) in [4.78, 5) is 27.7. The first-order chi connectivity index (χ1) is 9.04. The third kappa shape index (κ3) is 2.45. The van der Waals surface area contributed by atoms with Crippen LogP contribution in [0.3, 0.4) is 0 Å². The van der Waals surface area contributed by atoms with Crippen molar-refractivity contribution in [3.05, 3.63) is 36.0 Å². The van der Waals surface area contributed by atoms with Crippen LogP contribution in [0, 0.1) is 0 Å². The fourth-order valence-corrected chi connectivity index (χ4v) is 2.15. The second-order valence-electron chi connectivity index (χ2n) is 4.46.